The number of aromatic nitrogens is 2. The molecule has 146 valence electrons. The van der Waals surface area contributed by atoms with E-state index in [1.165, 1.54) is 10.9 Å². The van der Waals surface area contributed by atoms with Gasteiger partial charge in [0.25, 0.3) is 5.56 Å². The minimum atomic E-state index is -1.00. The molecule has 1 saturated heterocycles. The van der Waals surface area contributed by atoms with Crippen LogP contribution in [0.4, 0.5) is 0 Å². The van der Waals surface area contributed by atoms with Crippen LogP contribution in [0.3, 0.4) is 0 Å². The highest BCUT2D eigenvalue weighted by molar-refractivity contribution is 5.78. The third kappa shape index (κ3) is 4.36. The summed E-state index contributed by atoms with van der Waals surface area (Å²) in [5, 5.41) is 11.5. The molecule has 27 heavy (non-hydrogen) atoms. The minimum Gasteiger partial charge on any atom is -0.388 e. The predicted molar refractivity (Wildman–Crippen MR) is 105 cm³/mol. The molecule has 1 aromatic heterocycles. The largest absolute Gasteiger partial charge is 0.388 e. The number of aliphatic hydroxyl groups is 1. The molecule has 0 radical (unpaired) electrons. The van der Waals surface area contributed by atoms with E-state index in [1.54, 1.807) is 12.1 Å². The van der Waals surface area contributed by atoms with Gasteiger partial charge in [-0.25, -0.2) is 4.98 Å². The van der Waals surface area contributed by atoms with Crippen LogP contribution in [0.1, 0.15) is 26.7 Å². The monoisotopic (exact) mass is 372 g/mol. The van der Waals surface area contributed by atoms with Crippen molar-refractivity contribution >= 4 is 16.8 Å². The number of rotatable bonds is 6. The topological polar surface area (TPSA) is 78.7 Å². The second-order valence-electron chi connectivity index (χ2n) is 7.26. The number of fused-ring (bicyclic) bond motifs is 1. The smallest absolute Gasteiger partial charge is 0.261 e. The van der Waals surface area contributed by atoms with Gasteiger partial charge in [0, 0.05) is 13.1 Å². The molecule has 0 bridgehead atoms. The molecule has 0 unspecified atom stereocenters. The molecule has 1 aromatic carbocycles. The Labute approximate surface area is 159 Å². The SMILES string of the molecule is CCN(CC)CC(=O)N1CCC(O)(Cn2cnc3ccccc3c2=O)CC1. The first-order valence-electron chi connectivity index (χ1n) is 9.62. The Kier molecular flexibility index (Phi) is 5.92. The van der Waals surface area contributed by atoms with Crippen molar-refractivity contribution in [3.8, 4) is 0 Å². The van der Waals surface area contributed by atoms with E-state index in [9.17, 15) is 14.7 Å². The van der Waals surface area contributed by atoms with Crippen molar-refractivity contribution in [3.05, 3.63) is 40.9 Å². The zero-order valence-corrected chi connectivity index (χ0v) is 16.1. The zero-order valence-electron chi connectivity index (χ0n) is 16.1. The molecule has 0 aliphatic carbocycles. The summed E-state index contributed by atoms with van der Waals surface area (Å²) in [4.78, 5) is 33.3. The number of amides is 1. The van der Waals surface area contributed by atoms with Crippen LogP contribution < -0.4 is 5.56 Å². The fourth-order valence-corrected chi connectivity index (χ4v) is 3.60. The number of nitrogens with zero attached hydrogens (tertiary/aromatic N) is 4. The van der Waals surface area contributed by atoms with Crippen LogP contribution in [0.5, 0.6) is 0 Å². The molecule has 1 aliphatic rings. The number of likely N-dealkylation sites (tertiary alicyclic amines) is 1. The Hall–Kier alpha value is -2.25. The molecule has 1 aliphatic heterocycles. The van der Waals surface area contributed by atoms with E-state index < -0.39 is 5.60 Å². The second-order valence-corrected chi connectivity index (χ2v) is 7.26. The lowest BCUT2D eigenvalue weighted by Crippen LogP contribution is -2.51. The van der Waals surface area contributed by atoms with Crippen LogP contribution in [0.25, 0.3) is 10.9 Å². The van der Waals surface area contributed by atoms with Gasteiger partial charge in [-0.2, -0.15) is 0 Å². The van der Waals surface area contributed by atoms with Crippen molar-refractivity contribution in [1.29, 1.82) is 0 Å². The summed E-state index contributed by atoms with van der Waals surface area (Å²) in [6.07, 6.45) is 2.41. The van der Waals surface area contributed by atoms with Crippen LogP contribution in [0, 0.1) is 0 Å². The fourth-order valence-electron chi connectivity index (χ4n) is 3.60. The first kappa shape index (κ1) is 19.5. The molecular weight excluding hydrogens is 344 g/mol. The Bertz CT molecular complexity index is 852. The number of piperidine rings is 1. The van der Waals surface area contributed by atoms with Gasteiger partial charge >= 0.3 is 0 Å². The van der Waals surface area contributed by atoms with Gasteiger partial charge in [0.2, 0.25) is 5.91 Å². The molecular formula is C20H28N4O3. The van der Waals surface area contributed by atoms with Crippen molar-refractivity contribution in [2.45, 2.75) is 38.8 Å². The van der Waals surface area contributed by atoms with Crippen LogP contribution in [-0.2, 0) is 11.3 Å². The molecule has 0 spiro atoms. The lowest BCUT2D eigenvalue weighted by Gasteiger charge is -2.39. The highest BCUT2D eigenvalue weighted by Crippen LogP contribution is 2.24. The van der Waals surface area contributed by atoms with Crippen molar-refractivity contribution in [1.82, 2.24) is 19.4 Å². The standard InChI is InChI=1S/C20H28N4O3/c1-3-22(4-2)13-18(25)23-11-9-20(27,10-12-23)14-24-15-21-17-8-6-5-7-16(17)19(24)26/h5-8,15,27H,3-4,9-14H2,1-2H3. The van der Waals surface area contributed by atoms with Gasteiger partial charge in [0.1, 0.15) is 0 Å². The third-order valence-corrected chi connectivity index (χ3v) is 5.50. The highest BCUT2D eigenvalue weighted by Gasteiger charge is 2.34. The minimum absolute atomic E-state index is 0.102. The summed E-state index contributed by atoms with van der Waals surface area (Å²) < 4.78 is 1.48. The van der Waals surface area contributed by atoms with Gasteiger partial charge < -0.3 is 10.0 Å². The summed E-state index contributed by atoms with van der Waals surface area (Å²) in [6, 6.07) is 7.21. The maximum atomic E-state index is 12.6. The molecule has 1 fully saturated rings. The lowest BCUT2D eigenvalue weighted by atomic mass is 9.91. The van der Waals surface area contributed by atoms with Crippen LogP contribution in [-0.4, -0.2) is 68.7 Å². The Morgan fingerprint density at radius 3 is 2.56 bits per heavy atom. The fraction of sp³-hybridized carbons (Fsp3) is 0.550. The van der Waals surface area contributed by atoms with E-state index in [0.717, 1.165) is 13.1 Å². The first-order valence-corrected chi connectivity index (χ1v) is 9.62. The summed E-state index contributed by atoms with van der Waals surface area (Å²) >= 11 is 0. The normalized spacial score (nSPS) is 16.8. The Balaban J connectivity index is 1.65. The van der Waals surface area contributed by atoms with Gasteiger partial charge in [-0.05, 0) is 38.1 Å². The molecule has 0 saturated carbocycles. The van der Waals surface area contributed by atoms with E-state index in [-0.39, 0.29) is 18.0 Å². The average molecular weight is 372 g/mol. The molecule has 7 nitrogen and oxygen atoms in total. The van der Waals surface area contributed by atoms with Crippen molar-refractivity contribution in [2.75, 3.05) is 32.7 Å². The van der Waals surface area contributed by atoms with E-state index in [2.05, 4.69) is 9.88 Å². The first-order chi connectivity index (χ1) is 13.0. The van der Waals surface area contributed by atoms with Crippen molar-refractivity contribution in [2.24, 2.45) is 0 Å². The number of carbonyl (C=O) groups is 1. The number of benzene rings is 1. The number of para-hydroxylation sites is 1. The van der Waals surface area contributed by atoms with Gasteiger partial charge in [-0.1, -0.05) is 26.0 Å². The summed E-state index contributed by atoms with van der Waals surface area (Å²) in [5.74, 6) is 0.102. The van der Waals surface area contributed by atoms with Gasteiger partial charge in [0.15, 0.2) is 0 Å². The Morgan fingerprint density at radius 1 is 1.22 bits per heavy atom. The van der Waals surface area contributed by atoms with Crippen molar-refractivity contribution in [3.63, 3.8) is 0 Å². The molecule has 1 N–H and O–H groups in total. The maximum absolute atomic E-state index is 12.6. The number of hydrogen-bond acceptors (Lipinski definition) is 5. The quantitative estimate of drug-likeness (QED) is 0.821. The lowest BCUT2D eigenvalue weighted by molar-refractivity contribution is -0.137. The van der Waals surface area contributed by atoms with Crippen LogP contribution in [0.15, 0.2) is 35.4 Å². The summed E-state index contributed by atoms with van der Waals surface area (Å²) in [5.41, 5.74) is -0.489. The van der Waals surface area contributed by atoms with E-state index in [4.69, 9.17) is 0 Å². The van der Waals surface area contributed by atoms with E-state index in [0.29, 0.717) is 43.4 Å². The Morgan fingerprint density at radius 2 is 1.89 bits per heavy atom. The molecule has 3 rings (SSSR count). The van der Waals surface area contributed by atoms with Gasteiger partial charge in [-0.15, -0.1) is 0 Å². The molecule has 2 aromatic rings. The summed E-state index contributed by atoms with van der Waals surface area (Å²) in [6.45, 7) is 7.40. The summed E-state index contributed by atoms with van der Waals surface area (Å²) in [7, 11) is 0. The van der Waals surface area contributed by atoms with Crippen molar-refractivity contribution < 1.29 is 9.90 Å². The van der Waals surface area contributed by atoms with E-state index in [1.807, 2.05) is 30.9 Å². The zero-order chi connectivity index (χ0) is 19.4. The number of hydrogen-bond donors (Lipinski definition) is 1. The van der Waals surface area contributed by atoms with E-state index >= 15 is 0 Å². The molecule has 1 amide bonds. The van der Waals surface area contributed by atoms with Gasteiger partial charge in [0.05, 0.1) is 35.9 Å². The maximum Gasteiger partial charge on any atom is 0.261 e. The van der Waals surface area contributed by atoms with Crippen LogP contribution in [0.2, 0.25) is 0 Å². The third-order valence-electron chi connectivity index (χ3n) is 5.50. The van der Waals surface area contributed by atoms with Gasteiger partial charge in [-0.3, -0.25) is 19.1 Å². The van der Waals surface area contributed by atoms with Crippen LogP contribution >= 0.6 is 0 Å². The predicted octanol–water partition coefficient (Wildman–Crippen LogP) is 1.09. The molecule has 0 atom stereocenters. The average Bonchev–Trinajstić information content (AvgIpc) is 2.69. The second kappa shape index (κ2) is 8.19. The number of likely N-dealkylation sites (N-methyl/N-ethyl adjacent to an activating group) is 1. The molecule has 2 heterocycles. The molecule has 7 heteroatoms. The highest BCUT2D eigenvalue weighted by atomic mass is 16.3. The number of carbonyl (C=O) groups excluding carboxylic acids is 1.